The third kappa shape index (κ3) is 1.21. The number of hydrogen-bond donors (Lipinski definition) is 1. The Hall–Kier alpha value is -0.760. The molecule has 1 heterocycles. The van der Waals surface area contributed by atoms with Crippen LogP contribution in [0.3, 0.4) is 0 Å². The smallest absolute Gasteiger partial charge is 0.207 e. The molecule has 2 nitrogen and oxygen atoms in total. The number of H-pyrrole nitrogens is 1. The van der Waals surface area contributed by atoms with Crippen molar-refractivity contribution >= 4 is 5.82 Å². The standard InChI is InChI=1S/C8H15N2/c1-7-5-6-9-8(7)10(2,3)4/h5-6,9H,1-4H3/q+1. The highest BCUT2D eigenvalue weighted by molar-refractivity contribution is 5.41. The Labute approximate surface area is 62.1 Å². The van der Waals surface area contributed by atoms with Crippen LogP contribution in [0, 0.1) is 6.92 Å². The molecule has 0 aliphatic rings. The van der Waals surface area contributed by atoms with E-state index in [0.717, 1.165) is 4.48 Å². The van der Waals surface area contributed by atoms with Gasteiger partial charge in [0.05, 0.1) is 21.1 Å². The predicted molar refractivity (Wildman–Crippen MR) is 45.1 cm³/mol. The first-order valence-electron chi connectivity index (χ1n) is 3.48. The van der Waals surface area contributed by atoms with Gasteiger partial charge in [0.25, 0.3) is 0 Å². The molecule has 0 radical (unpaired) electrons. The number of rotatable bonds is 1. The van der Waals surface area contributed by atoms with Crippen molar-refractivity contribution in [1.82, 2.24) is 9.47 Å². The molecule has 0 saturated heterocycles. The molecule has 0 aromatic carbocycles. The molecule has 0 aliphatic carbocycles. The normalized spacial score (nSPS) is 12.0. The van der Waals surface area contributed by atoms with Crippen molar-refractivity contribution in [3.63, 3.8) is 0 Å². The third-order valence-electron chi connectivity index (χ3n) is 1.60. The summed E-state index contributed by atoms with van der Waals surface area (Å²) in [6.07, 6.45) is 1.98. The number of quaternary nitrogens is 1. The Balaban J connectivity index is 3.05. The molecule has 0 aliphatic heterocycles. The quantitative estimate of drug-likeness (QED) is 0.568. The topological polar surface area (TPSA) is 15.8 Å². The molecular weight excluding hydrogens is 124 g/mol. The predicted octanol–water partition coefficient (Wildman–Crippen LogP) is 1.52. The van der Waals surface area contributed by atoms with Gasteiger partial charge in [-0.05, 0) is 13.0 Å². The molecule has 0 saturated carbocycles. The zero-order chi connectivity index (χ0) is 7.78. The second-order valence-electron chi connectivity index (χ2n) is 3.52. The molecule has 1 aromatic rings. The minimum Gasteiger partial charge on any atom is -0.318 e. The van der Waals surface area contributed by atoms with Gasteiger partial charge in [0.2, 0.25) is 5.82 Å². The van der Waals surface area contributed by atoms with Crippen molar-refractivity contribution in [2.75, 3.05) is 21.1 Å². The van der Waals surface area contributed by atoms with Crippen LogP contribution in [0.4, 0.5) is 5.82 Å². The fourth-order valence-electron chi connectivity index (χ4n) is 1.16. The van der Waals surface area contributed by atoms with Gasteiger partial charge in [-0.2, -0.15) is 0 Å². The van der Waals surface area contributed by atoms with Crippen molar-refractivity contribution in [2.45, 2.75) is 6.92 Å². The fraction of sp³-hybridized carbons (Fsp3) is 0.500. The molecule has 10 heavy (non-hydrogen) atoms. The molecule has 0 unspecified atom stereocenters. The molecule has 1 N–H and O–H groups in total. The zero-order valence-corrected chi connectivity index (χ0v) is 7.10. The molecule has 0 spiro atoms. The summed E-state index contributed by atoms with van der Waals surface area (Å²) in [4.78, 5) is 3.22. The van der Waals surface area contributed by atoms with Crippen LogP contribution in [0.2, 0.25) is 0 Å². The number of nitrogens with one attached hydrogen (secondary N) is 1. The van der Waals surface area contributed by atoms with Crippen LogP contribution in [-0.4, -0.2) is 26.1 Å². The molecule has 0 atom stereocenters. The summed E-state index contributed by atoms with van der Waals surface area (Å²) < 4.78 is 0.860. The minimum absolute atomic E-state index is 0.860. The van der Waals surface area contributed by atoms with E-state index in [1.165, 1.54) is 11.4 Å². The van der Waals surface area contributed by atoms with Crippen LogP contribution >= 0.6 is 0 Å². The van der Waals surface area contributed by atoms with Gasteiger partial charge in [-0.15, -0.1) is 0 Å². The van der Waals surface area contributed by atoms with Crippen molar-refractivity contribution < 1.29 is 0 Å². The van der Waals surface area contributed by atoms with E-state index in [2.05, 4.69) is 39.1 Å². The highest BCUT2D eigenvalue weighted by Crippen LogP contribution is 2.18. The van der Waals surface area contributed by atoms with E-state index in [-0.39, 0.29) is 0 Å². The van der Waals surface area contributed by atoms with Gasteiger partial charge < -0.3 is 4.98 Å². The van der Waals surface area contributed by atoms with Gasteiger partial charge in [0.15, 0.2) is 0 Å². The first-order valence-corrected chi connectivity index (χ1v) is 3.48. The van der Waals surface area contributed by atoms with Gasteiger partial charge in [0.1, 0.15) is 0 Å². The van der Waals surface area contributed by atoms with Gasteiger partial charge in [-0.1, -0.05) is 0 Å². The Morgan fingerprint density at radius 2 is 1.90 bits per heavy atom. The number of hydrogen-bond acceptors (Lipinski definition) is 0. The van der Waals surface area contributed by atoms with E-state index in [1.54, 1.807) is 0 Å². The van der Waals surface area contributed by atoms with Crippen LogP contribution in [0.15, 0.2) is 12.3 Å². The Morgan fingerprint density at radius 3 is 2.10 bits per heavy atom. The second kappa shape index (κ2) is 2.13. The summed E-state index contributed by atoms with van der Waals surface area (Å²) in [5.74, 6) is 1.28. The lowest BCUT2D eigenvalue weighted by Gasteiger charge is -2.22. The number of aromatic amines is 1. The first-order chi connectivity index (χ1) is 4.52. The molecular formula is C8H15N2+. The maximum atomic E-state index is 3.22. The van der Waals surface area contributed by atoms with Gasteiger partial charge in [-0.3, -0.25) is 4.48 Å². The molecule has 1 aromatic heterocycles. The average molecular weight is 139 g/mol. The molecule has 56 valence electrons. The van der Waals surface area contributed by atoms with Gasteiger partial charge in [0, 0.05) is 11.8 Å². The maximum Gasteiger partial charge on any atom is 0.207 e. The lowest BCUT2D eigenvalue weighted by molar-refractivity contribution is 0.473. The minimum atomic E-state index is 0.860. The van der Waals surface area contributed by atoms with E-state index in [0.29, 0.717) is 0 Å². The first kappa shape index (κ1) is 7.35. The van der Waals surface area contributed by atoms with Crippen molar-refractivity contribution in [3.8, 4) is 0 Å². The lowest BCUT2D eigenvalue weighted by atomic mass is 10.3. The van der Waals surface area contributed by atoms with Crippen LogP contribution in [0.1, 0.15) is 5.56 Å². The second-order valence-corrected chi connectivity index (χ2v) is 3.52. The fourth-order valence-corrected chi connectivity index (χ4v) is 1.16. The van der Waals surface area contributed by atoms with E-state index >= 15 is 0 Å². The highest BCUT2D eigenvalue weighted by atomic mass is 15.3. The lowest BCUT2D eigenvalue weighted by Crippen LogP contribution is -2.35. The Morgan fingerprint density at radius 1 is 1.30 bits per heavy atom. The average Bonchev–Trinajstić information content (AvgIpc) is 2.11. The van der Waals surface area contributed by atoms with Gasteiger partial charge in [-0.25, -0.2) is 0 Å². The molecule has 2 heteroatoms. The number of aromatic nitrogens is 1. The van der Waals surface area contributed by atoms with Crippen LogP contribution in [-0.2, 0) is 0 Å². The van der Waals surface area contributed by atoms with Crippen molar-refractivity contribution in [3.05, 3.63) is 17.8 Å². The summed E-state index contributed by atoms with van der Waals surface area (Å²) >= 11 is 0. The zero-order valence-electron chi connectivity index (χ0n) is 7.10. The monoisotopic (exact) mass is 139 g/mol. The molecule has 0 bridgehead atoms. The summed E-state index contributed by atoms with van der Waals surface area (Å²) in [5.41, 5.74) is 1.33. The van der Waals surface area contributed by atoms with Crippen LogP contribution in [0.25, 0.3) is 0 Å². The maximum absolute atomic E-state index is 3.22. The Bertz CT molecular complexity index is 217. The molecule has 1 rings (SSSR count). The summed E-state index contributed by atoms with van der Waals surface area (Å²) in [6, 6.07) is 2.10. The Kier molecular flexibility index (Phi) is 1.57. The van der Waals surface area contributed by atoms with E-state index in [4.69, 9.17) is 0 Å². The summed E-state index contributed by atoms with van der Waals surface area (Å²) in [5, 5.41) is 0. The van der Waals surface area contributed by atoms with Gasteiger partial charge >= 0.3 is 0 Å². The van der Waals surface area contributed by atoms with Crippen molar-refractivity contribution in [1.29, 1.82) is 0 Å². The van der Waals surface area contributed by atoms with E-state index in [9.17, 15) is 0 Å². The number of aryl methyl sites for hydroxylation is 1. The summed E-state index contributed by atoms with van der Waals surface area (Å²) in [6.45, 7) is 2.12. The van der Waals surface area contributed by atoms with E-state index < -0.39 is 0 Å². The number of nitrogens with zero attached hydrogens (tertiary/aromatic N) is 1. The summed E-state index contributed by atoms with van der Waals surface area (Å²) in [7, 11) is 6.45. The third-order valence-corrected chi connectivity index (χ3v) is 1.60. The molecule has 0 fully saturated rings. The SMILES string of the molecule is Cc1cc[nH]c1[N+](C)(C)C. The molecule has 0 amide bonds. The van der Waals surface area contributed by atoms with Crippen LogP contribution < -0.4 is 4.48 Å². The van der Waals surface area contributed by atoms with Crippen molar-refractivity contribution in [2.24, 2.45) is 0 Å². The van der Waals surface area contributed by atoms with Crippen LogP contribution in [0.5, 0.6) is 0 Å². The van der Waals surface area contributed by atoms with E-state index in [1.807, 2.05) is 6.20 Å². The highest BCUT2D eigenvalue weighted by Gasteiger charge is 2.15. The largest absolute Gasteiger partial charge is 0.318 e.